The number of hydrogen-bond acceptors (Lipinski definition) is 4. The zero-order valence-corrected chi connectivity index (χ0v) is 21.9. The van der Waals surface area contributed by atoms with Gasteiger partial charge in [-0.05, 0) is 74.2 Å². The second-order valence-corrected chi connectivity index (χ2v) is 10.2. The summed E-state index contributed by atoms with van der Waals surface area (Å²) in [4.78, 5) is 0. The molecule has 2 atom stereocenters. The molecule has 1 N–H and O–H groups in total. The van der Waals surface area contributed by atoms with Crippen LogP contribution in [0.3, 0.4) is 0 Å². The third-order valence-electron chi connectivity index (χ3n) is 6.51. The molecule has 0 saturated carbocycles. The van der Waals surface area contributed by atoms with Crippen LogP contribution >= 0.6 is 11.6 Å². The van der Waals surface area contributed by atoms with Gasteiger partial charge in [-0.15, -0.1) is 0 Å². The highest BCUT2D eigenvalue weighted by atomic mass is 35.5. The van der Waals surface area contributed by atoms with Crippen molar-refractivity contribution in [2.24, 2.45) is 0 Å². The standard InChI is InChI=1S/C30H36ClNO3/c1-5-6-16-33-28-26-18-25(32-19-22-11-9-13-24(31)17-22)14-15-27(26)35-30(3,4)29(28)34-20-23-12-8-7-10-21(23)2/h7-15,17-18,28-29,32H,5-6,16,19-20H2,1-4H3. The summed E-state index contributed by atoms with van der Waals surface area (Å²) in [6, 6.07) is 22.5. The largest absolute Gasteiger partial charge is 0.485 e. The van der Waals surface area contributed by atoms with Crippen LogP contribution in [0.5, 0.6) is 5.75 Å². The molecular formula is C30H36ClNO3. The van der Waals surface area contributed by atoms with Gasteiger partial charge in [0.15, 0.2) is 0 Å². The minimum atomic E-state index is -0.539. The van der Waals surface area contributed by atoms with Crippen LogP contribution in [0.15, 0.2) is 66.7 Å². The summed E-state index contributed by atoms with van der Waals surface area (Å²) in [6.45, 7) is 10.3. The van der Waals surface area contributed by atoms with E-state index in [0.717, 1.165) is 40.4 Å². The Labute approximate surface area is 214 Å². The number of anilines is 1. The molecule has 35 heavy (non-hydrogen) atoms. The van der Waals surface area contributed by atoms with E-state index >= 15 is 0 Å². The third kappa shape index (κ3) is 6.38. The van der Waals surface area contributed by atoms with Crippen molar-refractivity contribution < 1.29 is 14.2 Å². The Hall–Kier alpha value is -2.53. The number of rotatable bonds is 10. The first-order chi connectivity index (χ1) is 16.9. The number of benzene rings is 3. The van der Waals surface area contributed by atoms with E-state index in [9.17, 15) is 0 Å². The molecule has 1 heterocycles. The molecule has 4 nitrogen and oxygen atoms in total. The molecule has 3 aromatic carbocycles. The van der Waals surface area contributed by atoms with Crippen LogP contribution in [0.1, 0.15) is 62.0 Å². The number of aryl methyl sites for hydroxylation is 1. The van der Waals surface area contributed by atoms with Crippen LogP contribution in [-0.4, -0.2) is 18.3 Å². The summed E-state index contributed by atoms with van der Waals surface area (Å²) in [5.74, 6) is 0.848. The Morgan fingerprint density at radius 1 is 1.00 bits per heavy atom. The van der Waals surface area contributed by atoms with Gasteiger partial charge >= 0.3 is 0 Å². The topological polar surface area (TPSA) is 39.7 Å². The predicted octanol–water partition coefficient (Wildman–Crippen LogP) is 7.87. The van der Waals surface area contributed by atoms with Crippen LogP contribution in [0.25, 0.3) is 0 Å². The van der Waals surface area contributed by atoms with Gasteiger partial charge in [0.2, 0.25) is 0 Å². The van der Waals surface area contributed by atoms with E-state index in [0.29, 0.717) is 19.8 Å². The van der Waals surface area contributed by atoms with Gasteiger partial charge in [0.25, 0.3) is 0 Å². The summed E-state index contributed by atoms with van der Waals surface area (Å²) in [7, 11) is 0. The van der Waals surface area contributed by atoms with E-state index < -0.39 is 5.60 Å². The highest BCUT2D eigenvalue weighted by molar-refractivity contribution is 6.30. The Balaban J connectivity index is 1.58. The molecule has 0 radical (unpaired) electrons. The SMILES string of the molecule is CCCCOC1c2cc(NCc3cccc(Cl)c3)ccc2OC(C)(C)C1OCc1ccccc1C. The molecule has 0 saturated heterocycles. The van der Waals surface area contributed by atoms with Crippen molar-refractivity contribution in [3.05, 3.63) is 94.0 Å². The zero-order chi connectivity index (χ0) is 24.8. The minimum absolute atomic E-state index is 0.225. The first-order valence-corrected chi connectivity index (χ1v) is 12.8. The first-order valence-electron chi connectivity index (χ1n) is 12.5. The van der Waals surface area contributed by atoms with Gasteiger partial charge in [0.1, 0.15) is 23.6 Å². The Kier molecular flexibility index (Phi) is 8.38. The van der Waals surface area contributed by atoms with Crippen LogP contribution in [0.2, 0.25) is 5.02 Å². The van der Waals surface area contributed by atoms with Gasteiger partial charge in [-0.1, -0.05) is 61.3 Å². The van der Waals surface area contributed by atoms with Crippen molar-refractivity contribution in [3.63, 3.8) is 0 Å². The van der Waals surface area contributed by atoms with Crippen LogP contribution in [0.4, 0.5) is 5.69 Å². The van der Waals surface area contributed by atoms with Crippen LogP contribution in [-0.2, 0) is 22.6 Å². The lowest BCUT2D eigenvalue weighted by Crippen LogP contribution is -2.51. The fraction of sp³-hybridized carbons (Fsp3) is 0.400. The average molecular weight is 494 g/mol. The predicted molar refractivity (Wildman–Crippen MR) is 143 cm³/mol. The van der Waals surface area contributed by atoms with Crippen LogP contribution < -0.4 is 10.1 Å². The van der Waals surface area contributed by atoms with E-state index in [-0.39, 0.29) is 12.2 Å². The molecule has 4 rings (SSSR count). The van der Waals surface area contributed by atoms with E-state index in [1.807, 2.05) is 24.3 Å². The van der Waals surface area contributed by atoms with Crippen molar-refractivity contribution in [2.75, 3.05) is 11.9 Å². The Morgan fingerprint density at radius 2 is 1.83 bits per heavy atom. The normalized spacial score (nSPS) is 18.5. The third-order valence-corrected chi connectivity index (χ3v) is 6.75. The highest BCUT2D eigenvalue weighted by Crippen LogP contribution is 2.44. The second kappa shape index (κ2) is 11.5. The summed E-state index contributed by atoms with van der Waals surface area (Å²) in [6.07, 6.45) is 1.60. The fourth-order valence-corrected chi connectivity index (χ4v) is 4.68. The van der Waals surface area contributed by atoms with Crippen LogP contribution in [0, 0.1) is 6.92 Å². The lowest BCUT2D eigenvalue weighted by atomic mass is 9.87. The number of nitrogens with one attached hydrogen (secondary N) is 1. The Bertz CT molecular complexity index is 1130. The van der Waals surface area contributed by atoms with Crippen molar-refractivity contribution in [1.82, 2.24) is 0 Å². The maximum Gasteiger partial charge on any atom is 0.132 e. The molecule has 0 fully saturated rings. The van der Waals surface area contributed by atoms with E-state index in [1.165, 1.54) is 11.1 Å². The van der Waals surface area contributed by atoms with Crippen molar-refractivity contribution in [3.8, 4) is 5.75 Å². The molecular weight excluding hydrogens is 458 g/mol. The molecule has 186 valence electrons. The number of halogens is 1. The fourth-order valence-electron chi connectivity index (χ4n) is 4.47. The summed E-state index contributed by atoms with van der Waals surface area (Å²) in [5, 5.41) is 4.26. The van der Waals surface area contributed by atoms with Gasteiger partial charge in [-0.2, -0.15) is 0 Å². The van der Waals surface area contributed by atoms with E-state index in [2.05, 4.69) is 75.5 Å². The monoisotopic (exact) mass is 493 g/mol. The molecule has 0 spiro atoms. The summed E-state index contributed by atoms with van der Waals surface area (Å²) < 4.78 is 19.5. The van der Waals surface area contributed by atoms with Crippen molar-refractivity contribution >= 4 is 17.3 Å². The lowest BCUT2D eigenvalue weighted by molar-refractivity contribution is -0.167. The maximum absolute atomic E-state index is 6.56. The molecule has 0 amide bonds. The maximum atomic E-state index is 6.56. The molecule has 3 aromatic rings. The van der Waals surface area contributed by atoms with Gasteiger partial charge in [0, 0.05) is 29.4 Å². The van der Waals surface area contributed by atoms with E-state index in [1.54, 1.807) is 0 Å². The average Bonchev–Trinajstić information content (AvgIpc) is 2.83. The number of ether oxygens (including phenoxy) is 3. The van der Waals surface area contributed by atoms with Gasteiger partial charge in [0.05, 0.1) is 6.61 Å². The zero-order valence-electron chi connectivity index (χ0n) is 21.1. The van der Waals surface area contributed by atoms with Gasteiger partial charge < -0.3 is 19.5 Å². The first kappa shape index (κ1) is 25.6. The summed E-state index contributed by atoms with van der Waals surface area (Å²) in [5.41, 5.74) is 5.02. The van der Waals surface area contributed by atoms with Crippen molar-refractivity contribution in [1.29, 1.82) is 0 Å². The number of hydrogen-bond donors (Lipinski definition) is 1. The molecule has 1 aliphatic heterocycles. The molecule has 2 unspecified atom stereocenters. The molecule has 5 heteroatoms. The molecule has 1 aliphatic rings. The highest BCUT2D eigenvalue weighted by Gasteiger charge is 2.45. The number of unbranched alkanes of at least 4 members (excludes halogenated alkanes) is 1. The van der Waals surface area contributed by atoms with Gasteiger partial charge in [-0.25, -0.2) is 0 Å². The lowest BCUT2D eigenvalue weighted by Gasteiger charge is -2.44. The number of fused-ring (bicyclic) bond motifs is 1. The molecule has 0 bridgehead atoms. The molecule has 0 aliphatic carbocycles. The van der Waals surface area contributed by atoms with Gasteiger partial charge in [-0.3, -0.25) is 0 Å². The van der Waals surface area contributed by atoms with E-state index in [4.69, 9.17) is 25.8 Å². The minimum Gasteiger partial charge on any atom is -0.485 e. The summed E-state index contributed by atoms with van der Waals surface area (Å²) >= 11 is 6.15. The quantitative estimate of drug-likeness (QED) is 0.291. The second-order valence-electron chi connectivity index (χ2n) is 9.74. The van der Waals surface area contributed by atoms with Crippen molar-refractivity contribution in [2.45, 2.75) is 71.5 Å². The Morgan fingerprint density at radius 3 is 2.60 bits per heavy atom. The molecule has 0 aromatic heterocycles. The smallest absolute Gasteiger partial charge is 0.132 e.